The van der Waals surface area contributed by atoms with Crippen molar-refractivity contribution < 1.29 is 33.2 Å². The van der Waals surface area contributed by atoms with Gasteiger partial charge in [-0.05, 0) is 50.7 Å². The van der Waals surface area contributed by atoms with E-state index >= 15 is 0 Å². The molecular weight excluding hydrogens is 761 g/mol. The standard InChI is InChI=1S/C54H106O7/c1-7-11-15-19-23-27-31-39-47-57-53(58-48-40-32-28-24-20-16-12-8-2)45-37-35-43-51(55-5)61-52(56-6)44-36-38-46-54(59-49-41-33-29-25-21-17-13-9-3)60-50-42-34-30-26-22-18-14-10-4/h35-36,43-44,51-54H,7-34,37-42,45-50H2,1-6H3. The molecule has 0 spiro atoms. The fraction of sp³-hybridized carbons (Fsp3) is 0.926. The van der Waals surface area contributed by atoms with Crippen molar-refractivity contribution in [3.63, 3.8) is 0 Å². The summed E-state index contributed by atoms with van der Waals surface area (Å²) >= 11 is 0. The molecule has 364 valence electrons. The second-order valence-electron chi connectivity index (χ2n) is 17.6. The van der Waals surface area contributed by atoms with Crippen LogP contribution in [0.2, 0.25) is 0 Å². The molecule has 7 heteroatoms. The summed E-state index contributed by atoms with van der Waals surface area (Å²) in [7, 11) is 3.35. The van der Waals surface area contributed by atoms with Crippen LogP contribution in [0.4, 0.5) is 0 Å². The minimum Gasteiger partial charge on any atom is -0.353 e. The van der Waals surface area contributed by atoms with Crippen LogP contribution in [0.15, 0.2) is 24.3 Å². The third kappa shape index (κ3) is 45.6. The Balaban J connectivity index is 4.85. The molecule has 0 N–H and O–H groups in total. The molecule has 0 rings (SSSR count). The third-order valence-electron chi connectivity index (χ3n) is 11.7. The summed E-state index contributed by atoms with van der Waals surface area (Å²) in [5.41, 5.74) is 0. The summed E-state index contributed by atoms with van der Waals surface area (Å²) in [6, 6.07) is 0. The summed E-state index contributed by atoms with van der Waals surface area (Å²) in [5.74, 6) is 0. The Bertz CT molecular complexity index is 754. The fourth-order valence-electron chi connectivity index (χ4n) is 7.60. The third-order valence-corrected chi connectivity index (χ3v) is 11.7. The van der Waals surface area contributed by atoms with E-state index in [4.69, 9.17) is 33.2 Å². The smallest absolute Gasteiger partial charge is 0.179 e. The Labute approximate surface area is 380 Å². The molecule has 0 aliphatic carbocycles. The van der Waals surface area contributed by atoms with Gasteiger partial charge in [0.15, 0.2) is 25.2 Å². The molecule has 0 heterocycles. The lowest BCUT2D eigenvalue weighted by Crippen LogP contribution is -2.22. The van der Waals surface area contributed by atoms with Gasteiger partial charge < -0.3 is 33.2 Å². The van der Waals surface area contributed by atoms with E-state index in [9.17, 15) is 0 Å². The van der Waals surface area contributed by atoms with Crippen LogP contribution in [0.25, 0.3) is 0 Å². The van der Waals surface area contributed by atoms with E-state index in [2.05, 4.69) is 39.8 Å². The number of rotatable bonds is 52. The van der Waals surface area contributed by atoms with Gasteiger partial charge >= 0.3 is 0 Å². The number of hydrogen-bond acceptors (Lipinski definition) is 7. The predicted octanol–water partition coefficient (Wildman–Crippen LogP) is 16.9. The van der Waals surface area contributed by atoms with E-state index in [1.54, 1.807) is 14.2 Å². The SMILES string of the molecule is CCCCCCCCCCOC(CCC=CC(OC)OC(C=CCCC(OCCCCCCCCCC)OCCCCCCCCCC)OC)OCCCCCCCCCC. The van der Waals surface area contributed by atoms with Crippen molar-refractivity contribution in [3.05, 3.63) is 24.3 Å². The van der Waals surface area contributed by atoms with Gasteiger partial charge in [0.2, 0.25) is 0 Å². The van der Waals surface area contributed by atoms with Gasteiger partial charge in [-0.2, -0.15) is 0 Å². The zero-order valence-electron chi connectivity index (χ0n) is 41.8. The fourth-order valence-corrected chi connectivity index (χ4v) is 7.60. The molecule has 2 atom stereocenters. The van der Waals surface area contributed by atoms with Crippen LogP contribution < -0.4 is 0 Å². The van der Waals surface area contributed by atoms with Gasteiger partial charge in [-0.1, -0.05) is 220 Å². The first kappa shape index (κ1) is 60.2. The van der Waals surface area contributed by atoms with Crippen LogP contribution >= 0.6 is 0 Å². The Morgan fingerprint density at radius 1 is 0.311 bits per heavy atom. The zero-order valence-corrected chi connectivity index (χ0v) is 41.8. The normalized spacial score (nSPS) is 13.2. The van der Waals surface area contributed by atoms with Crippen LogP contribution in [-0.2, 0) is 33.2 Å². The largest absolute Gasteiger partial charge is 0.353 e. The number of unbranched alkanes of at least 4 members (excludes halogenated alkanes) is 28. The summed E-state index contributed by atoms with van der Waals surface area (Å²) in [5, 5.41) is 0. The van der Waals surface area contributed by atoms with Crippen molar-refractivity contribution in [2.24, 2.45) is 0 Å². The van der Waals surface area contributed by atoms with E-state index in [-0.39, 0.29) is 12.6 Å². The molecule has 0 amide bonds. The highest BCUT2D eigenvalue weighted by Crippen LogP contribution is 2.16. The topological polar surface area (TPSA) is 64.6 Å². The lowest BCUT2D eigenvalue weighted by Gasteiger charge is -2.20. The Morgan fingerprint density at radius 3 is 0.770 bits per heavy atom. The highest BCUT2D eigenvalue weighted by atomic mass is 16.8. The molecule has 0 aromatic heterocycles. The molecule has 0 bridgehead atoms. The van der Waals surface area contributed by atoms with Gasteiger partial charge in [0, 0.05) is 53.5 Å². The molecule has 61 heavy (non-hydrogen) atoms. The minimum atomic E-state index is -0.512. The van der Waals surface area contributed by atoms with Crippen LogP contribution in [0.3, 0.4) is 0 Å². The molecule has 0 radical (unpaired) electrons. The van der Waals surface area contributed by atoms with Gasteiger partial charge in [-0.25, -0.2) is 0 Å². The van der Waals surface area contributed by atoms with Crippen molar-refractivity contribution in [2.75, 3.05) is 40.6 Å². The Morgan fingerprint density at radius 2 is 0.541 bits per heavy atom. The molecule has 2 unspecified atom stereocenters. The number of allylic oxidation sites excluding steroid dienone is 2. The van der Waals surface area contributed by atoms with Crippen LogP contribution in [0, 0.1) is 0 Å². The first-order chi connectivity index (χ1) is 30.1. The predicted molar refractivity (Wildman–Crippen MR) is 261 cm³/mol. The van der Waals surface area contributed by atoms with Crippen LogP contribution in [0.5, 0.6) is 0 Å². The monoisotopic (exact) mass is 867 g/mol. The average Bonchev–Trinajstić information content (AvgIpc) is 3.27. The highest BCUT2D eigenvalue weighted by Gasteiger charge is 2.13. The van der Waals surface area contributed by atoms with Gasteiger partial charge in [0.25, 0.3) is 0 Å². The molecule has 0 saturated carbocycles. The van der Waals surface area contributed by atoms with Gasteiger partial charge in [0.1, 0.15) is 0 Å². The summed E-state index contributed by atoms with van der Waals surface area (Å²) in [4.78, 5) is 0. The molecule has 0 aromatic rings. The van der Waals surface area contributed by atoms with Gasteiger partial charge in [-0.15, -0.1) is 0 Å². The van der Waals surface area contributed by atoms with Crippen molar-refractivity contribution in [3.8, 4) is 0 Å². The van der Waals surface area contributed by atoms with Crippen molar-refractivity contribution in [1.29, 1.82) is 0 Å². The number of methoxy groups -OCH3 is 2. The lowest BCUT2D eigenvalue weighted by molar-refractivity contribution is -0.189. The molecule has 7 nitrogen and oxygen atoms in total. The first-order valence-corrected chi connectivity index (χ1v) is 26.7. The van der Waals surface area contributed by atoms with Crippen LogP contribution in [-0.4, -0.2) is 65.8 Å². The quantitative estimate of drug-likeness (QED) is 0.0343. The second kappa shape index (κ2) is 51.8. The van der Waals surface area contributed by atoms with Crippen molar-refractivity contribution >= 4 is 0 Å². The molecule has 0 saturated heterocycles. The van der Waals surface area contributed by atoms with Crippen molar-refractivity contribution in [2.45, 2.75) is 284 Å². The zero-order chi connectivity index (χ0) is 44.4. The maximum atomic E-state index is 6.28. The average molecular weight is 867 g/mol. The first-order valence-electron chi connectivity index (χ1n) is 26.7. The molecule has 0 aromatic carbocycles. The Hall–Kier alpha value is -0.800. The van der Waals surface area contributed by atoms with E-state index < -0.39 is 12.6 Å². The summed E-state index contributed by atoms with van der Waals surface area (Å²) < 4.78 is 42.6. The van der Waals surface area contributed by atoms with Gasteiger partial charge in [-0.3, -0.25) is 0 Å². The molecular formula is C54H106O7. The summed E-state index contributed by atoms with van der Waals surface area (Å²) in [6.07, 6.45) is 51.7. The molecule has 0 aliphatic rings. The molecule has 0 fully saturated rings. The second-order valence-corrected chi connectivity index (χ2v) is 17.6. The van der Waals surface area contributed by atoms with E-state index in [0.29, 0.717) is 0 Å². The lowest BCUT2D eigenvalue weighted by atomic mass is 10.1. The molecule has 0 aliphatic heterocycles. The summed E-state index contributed by atoms with van der Waals surface area (Å²) in [6.45, 7) is 12.2. The number of ether oxygens (including phenoxy) is 7. The van der Waals surface area contributed by atoms with Gasteiger partial charge in [0.05, 0.1) is 0 Å². The van der Waals surface area contributed by atoms with Crippen LogP contribution in [0.1, 0.15) is 259 Å². The van der Waals surface area contributed by atoms with E-state index in [1.807, 2.05) is 12.2 Å². The van der Waals surface area contributed by atoms with E-state index in [1.165, 1.54) is 180 Å². The maximum Gasteiger partial charge on any atom is 0.179 e. The Kier molecular flexibility index (Phi) is 51.2. The number of hydrogen-bond donors (Lipinski definition) is 0. The minimum absolute atomic E-state index is 0.173. The van der Waals surface area contributed by atoms with Crippen molar-refractivity contribution in [1.82, 2.24) is 0 Å². The highest BCUT2D eigenvalue weighted by molar-refractivity contribution is 4.89. The maximum absolute atomic E-state index is 6.28. The van der Waals surface area contributed by atoms with E-state index in [0.717, 1.165) is 77.8 Å².